The van der Waals surface area contributed by atoms with Gasteiger partial charge in [-0.2, -0.15) is 0 Å². The summed E-state index contributed by atoms with van der Waals surface area (Å²) in [6.07, 6.45) is 1.19. The highest BCUT2D eigenvalue weighted by atomic mass is 19.1. The highest BCUT2D eigenvalue weighted by molar-refractivity contribution is 5.96. The van der Waals surface area contributed by atoms with Crippen LogP contribution in [0.2, 0.25) is 0 Å². The number of carboxylic acid groups (broad SMARTS) is 1. The molecule has 1 aromatic carbocycles. The van der Waals surface area contributed by atoms with E-state index in [0.29, 0.717) is 18.4 Å². The molecular weight excluding hydrogens is 311 g/mol. The van der Waals surface area contributed by atoms with Gasteiger partial charge in [-0.1, -0.05) is 0 Å². The molecule has 2 aromatic rings. The van der Waals surface area contributed by atoms with Crippen LogP contribution in [0, 0.1) is 25.1 Å². The third kappa shape index (κ3) is 2.79. The van der Waals surface area contributed by atoms with Crippen molar-refractivity contribution in [1.82, 2.24) is 9.88 Å². The lowest BCUT2D eigenvalue weighted by molar-refractivity contribution is -0.143. The van der Waals surface area contributed by atoms with E-state index in [-0.39, 0.29) is 18.3 Å². The second kappa shape index (κ2) is 5.78. The summed E-state index contributed by atoms with van der Waals surface area (Å²) in [5.74, 6) is -1.47. The lowest BCUT2D eigenvalue weighted by Gasteiger charge is -2.12. The largest absolute Gasteiger partial charge is 0.481 e. The minimum absolute atomic E-state index is 0.140. The molecule has 0 unspecified atom stereocenters. The molecule has 0 atom stereocenters. The molecule has 0 saturated heterocycles. The third-order valence-corrected chi connectivity index (χ3v) is 4.66. The highest BCUT2D eigenvalue weighted by Gasteiger charge is 2.50. The molecule has 126 valence electrons. The quantitative estimate of drug-likeness (QED) is 0.885. The van der Waals surface area contributed by atoms with Gasteiger partial charge in [0.15, 0.2) is 0 Å². The Labute approximate surface area is 139 Å². The van der Waals surface area contributed by atoms with E-state index >= 15 is 0 Å². The second-order valence-corrected chi connectivity index (χ2v) is 6.36. The number of hydrogen-bond donors (Lipinski definition) is 2. The van der Waals surface area contributed by atoms with Gasteiger partial charge in [0.25, 0.3) is 5.91 Å². The maximum Gasteiger partial charge on any atom is 0.311 e. The van der Waals surface area contributed by atoms with Crippen molar-refractivity contribution in [2.75, 3.05) is 6.54 Å². The van der Waals surface area contributed by atoms with E-state index < -0.39 is 11.4 Å². The van der Waals surface area contributed by atoms with Crippen LogP contribution in [0.5, 0.6) is 0 Å². The molecule has 3 rings (SSSR count). The van der Waals surface area contributed by atoms with Gasteiger partial charge >= 0.3 is 5.97 Å². The van der Waals surface area contributed by atoms with Crippen molar-refractivity contribution in [3.8, 4) is 5.69 Å². The van der Waals surface area contributed by atoms with Gasteiger partial charge in [0.2, 0.25) is 0 Å². The van der Waals surface area contributed by atoms with Crippen molar-refractivity contribution in [3.63, 3.8) is 0 Å². The van der Waals surface area contributed by atoms with Gasteiger partial charge in [-0.25, -0.2) is 4.39 Å². The van der Waals surface area contributed by atoms with Crippen LogP contribution in [0.3, 0.4) is 0 Å². The molecule has 0 spiro atoms. The number of rotatable bonds is 5. The molecule has 24 heavy (non-hydrogen) atoms. The molecule has 2 N–H and O–H groups in total. The number of benzene rings is 1. The second-order valence-electron chi connectivity index (χ2n) is 6.36. The van der Waals surface area contributed by atoms with Crippen molar-refractivity contribution >= 4 is 11.9 Å². The number of hydrogen-bond acceptors (Lipinski definition) is 2. The zero-order chi connectivity index (χ0) is 17.5. The summed E-state index contributed by atoms with van der Waals surface area (Å²) < 4.78 is 15.0. The molecule has 5 nitrogen and oxygen atoms in total. The van der Waals surface area contributed by atoms with Crippen LogP contribution < -0.4 is 5.32 Å². The Balaban J connectivity index is 1.82. The molecule has 0 radical (unpaired) electrons. The topological polar surface area (TPSA) is 71.3 Å². The lowest BCUT2D eigenvalue weighted by Crippen LogP contribution is -2.34. The third-order valence-electron chi connectivity index (χ3n) is 4.66. The first-order chi connectivity index (χ1) is 11.3. The number of carboxylic acids is 1. The summed E-state index contributed by atoms with van der Waals surface area (Å²) in [4.78, 5) is 23.6. The molecule has 1 amide bonds. The Morgan fingerprint density at radius 1 is 1.25 bits per heavy atom. The monoisotopic (exact) mass is 330 g/mol. The van der Waals surface area contributed by atoms with E-state index in [0.717, 1.165) is 17.1 Å². The van der Waals surface area contributed by atoms with Gasteiger partial charge in [-0.3, -0.25) is 9.59 Å². The van der Waals surface area contributed by atoms with Crippen LogP contribution in [0.1, 0.15) is 34.6 Å². The Kier molecular flexibility index (Phi) is 3.91. The number of carbonyl (C=O) groups is 2. The summed E-state index contributed by atoms with van der Waals surface area (Å²) in [5, 5.41) is 11.9. The van der Waals surface area contributed by atoms with Crippen LogP contribution >= 0.6 is 0 Å². The Morgan fingerprint density at radius 2 is 1.88 bits per heavy atom. The smallest absolute Gasteiger partial charge is 0.311 e. The normalized spacial score (nSPS) is 15.1. The minimum Gasteiger partial charge on any atom is -0.481 e. The maximum absolute atomic E-state index is 13.1. The van der Waals surface area contributed by atoms with E-state index in [4.69, 9.17) is 0 Å². The molecule has 0 bridgehead atoms. The lowest BCUT2D eigenvalue weighted by atomic mass is 10.1. The number of aliphatic carboxylic acids is 1. The summed E-state index contributed by atoms with van der Waals surface area (Å²) in [5.41, 5.74) is 2.06. The Bertz CT molecular complexity index is 804. The average molecular weight is 330 g/mol. The van der Waals surface area contributed by atoms with Crippen molar-refractivity contribution in [2.24, 2.45) is 5.41 Å². The van der Waals surface area contributed by atoms with E-state index in [1.165, 1.54) is 12.1 Å². The average Bonchev–Trinajstić information content (AvgIpc) is 3.28. The zero-order valence-corrected chi connectivity index (χ0v) is 13.6. The van der Waals surface area contributed by atoms with Crippen LogP contribution in [-0.2, 0) is 4.79 Å². The number of nitrogens with one attached hydrogen (secondary N) is 1. The molecule has 1 aliphatic rings. The molecule has 1 saturated carbocycles. The standard InChI is InChI=1S/C18H19FN2O3/c1-11-9-15(16(22)20-10-18(7-8-18)17(23)24)12(2)21(11)14-5-3-13(19)4-6-14/h3-6,9H,7-8,10H2,1-2H3,(H,20,22)(H,23,24). The van der Waals surface area contributed by atoms with Gasteiger partial charge in [-0.05, 0) is 57.0 Å². The van der Waals surface area contributed by atoms with Gasteiger partial charge in [0, 0.05) is 23.6 Å². The van der Waals surface area contributed by atoms with E-state index in [2.05, 4.69) is 5.32 Å². The molecule has 6 heteroatoms. The van der Waals surface area contributed by atoms with Crippen molar-refractivity contribution < 1.29 is 19.1 Å². The fourth-order valence-electron chi connectivity index (χ4n) is 2.94. The molecule has 1 aromatic heterocycles. The van der Waals surface area contributed by atoms with Gasteiger partial charge in [0.1, 0.15) is 5.82 Å². The van der Waals surface area contributed by atoms with Gasteiger partial charge in [-0.15, -0.1) is 0 Å². The molecule has 1 aliphatic carbocycles. The number of aryl methyl sites for hydroxylation is 1. The Morgan fingerprint density at radius 3 is 2.42 bits per heavy atom. The van der Waals surface area contributed by atoms with Crippen LogP contribution in [0.25, 0.3) is 5.69 Å². The van der Waals surface area contributed by atoms with E-state index in [1.807, 2.05) is 18.4 Å². The first-order valence-corrected chi connectivity index (χ1v) is 7.80. The summed E-state index contributed by atoms with van der Waals surface area (Å²) in [6, 6.07) is 7.81. The predicted molar refractivity (Wildman–Crippen MR) is 86.8 cm³/mol. The van der Waals surface area contributed by atoms with Gasteiger partial charge in [0.05, 0.1) is 11.0 Å². The molecule has 1 heterocycles. The number of carbonyl (C=O) groups excluding carboxylic acids is 1. The Hall–Kier alpha value is -2.63. The maximum atomic E-state index is 13.1. The summed E-state index contributed by atoms with van der Waals surface area (Å²) in [7, 11) is 0. The molecular formula is C18H19FN2O3. The zero-order valence-electron chi connectivity index (χ0n) is 13.6. The number of halogens is 1. The fourth-order valence-corrected chi connectivity index (χ4v) is 2.94. The number of nitrogens with zero attached hydrogens (tertiary/aromatic N) is 1. The first kappa shape index (κ1) is 16.2. The van der Waals surface area contributed by atoms with E-state index in [1.54, 1.807) is 18.2 Å². The van der Waals surface area contributed by atoms with Crippen molar-refractivity contribution in [3.05, 3.63) is 53.1 Å². The van der Waals surface area contributed by atoms with Crippen LogP contribution in [0.4, 0.5) is 4.39 Å². The first-order valence-electron chi connectivity index (χ1n) is 7.80. The van der Waals surface area contributed by atoms with Crippen LogP contribution in [0.15, 0.2) is 30.3 Å². The van der Waals surface area contributed by atoms with Crippen molar-refractivity contribution in [1.29, 1.82) is 0 Å². The molecule has 1 fully saturated rings. The predicted octanol–water partition coefficient (Wildman–Crippen LogP) is 2.83. The SMILES string of the molecule is Cc1cc(C(=O)NCC2(C(=O)O)CC2)c(C)n1-c1ccc(F)cc1. The highest BCUT2D eigenvalue weighted by Crippen LogP contribution is 2.45. The molecule has 0 aliphatic heterocycles. The summed E-state index contributed by atoms with van der Waals surface area (Å²) >= 11 is 0. The van der Waals surface area contributed by atoms with Crippen LogP contribution in [-0.4, -0.2) is 28.1 Å². The minimum atomic E-state index is -0.861. The number of aromatic nitrogens is 1. The number of amides is 1. The van der Waals surface area contributed by atoms with Crippen molar-refractivity contribution in [2.45, 2.75) is 26.7 Å². The van der Waals surface area contributed by atoms with E-state index in [9.17, 15) is 19.1 Å². The summed E-state index contributed by atoms with van der Waals surface area (Å²) in [6.45, 7) is 3.82. The fraction of sp³-hybridized carbons (Fsp3) is 0.333. The van der Waals surface area contributed by atoms with Gasteiger partial charge < -0.3 is 15.0 Å².